The molecule has 1 N–H and O–H groups in total. The number of nitrogens with zero attached hydrogens (tertiary/aromatic N) is 1. The van der Waals surface area contributed by atoms with Gasteiger partial charge >= 0.3 is 0 Å². The highest BCUT2D eigenvalue weighted by Gasteiger charge is 2.18. The maximum Gasteiger partial charge on any atom is 0.152 e. The van der Waals surface area contributed by atoms with E-state index in [0.717, 1.165) is 11.3 Å². The molecule has 0 aromatic carbocycles. The van der Waals surface area contributed by atoms with Crippen molar-refractivity contribution in [3.05, 3.63) is 23.5 Å². The van der Waals surface area contributed by atoms with Crippen LogP contribution in [0.2, 0.25) is 0 Å². The molecular formula is C11H16N2O. The lowest BCUT2D eigenvalue weighted by molar-refractivity contribution is -0.112. The molecule has 0 saturated carbocycles. The maximum atomic E-state index is 10.8. The van der Waals surface area contributed by atoms with Crippen LogP contribution in [-0.4, -0.2) is 16.0 Å². The van der Waals surface area contributed by atoms with Gasteiger partial charge < -0.3 is 0 Å². The third-order valence-corrected chi connectivity index (χ3v) is 1.92. The number of ketones is 1. The largest absolute Gasteiger partial charge is 0.295 e. The molecule has 3 heteroatoms. The van der Waals surface area contributed by atoms with Crippen molar-refractivity contribution in [2.24, 2.45) is 0 Å². The van der Waals surface area contributed by atoms with Gasteiger partial charge in [0.15, 0.2) is 5.78 Å². The van der Waals surface area contributed by atoms with Crippen LogP contribution >= 0.6 is 0 Å². The molecule has 14 heavy (non-hydrogen) atoms. The van der Waals surface area contributed by atoms with Gasteiger partial charge in [0.2, 0.25) is 0 Å². The van der Waals surface area contributed by atoms with Gasteiger partial charge in [-0.25, -0.2) is 0 Å². The number of carbonyl (C=O) groups excluding carboxylic acids is 1. The van der Waals surface area contributed by atoms with Crippen molar-refractivity contribution in [3.8, 4) is 0 Å². The highest BCUT2D eigenvalue weighted by atomic mass is 16.1. The van der Waals surface area contributed by atoms with E-state index in [1.54, 1.807) is 18.3 Å². The summed E-state index contributed by atoms with van der Waals surface area (Å²) in [6.45, 7) is 7.84. The standard InChI is InChI=1S/C11H16N2O/c1-8(14)5-6-9-7-12-13-10(9)11(2,3)4/h5-7H,1-4H3,(H,12,13)/b6-5+. The SMILES string of the molecule is CC(=O)/C=C/c1cn[nH]c1C(C)(C)C. The zero-order chi connectivity index (χ0) is 10.8. The molecule has 0 aliphatic heterocycles. The van der Waals surface area contributed by atoms with Gasteiger partial charge in [0.1, 0.15) is 0 Å². The Bertz CT molecular complexity index is 356. The monoisotopic (exact) mass is 192 g/mol. The molecule has 0 saturated heterocycles. The number of rotatable bonds is 2. The lowest BCUT2D eigenvalue weighted by atomic mass is 9.89. The summed E-state index contributed by atoms with van der Waals surface area (Å²) in [7, 11) is 0. The Kier molecular flexibility index (Phi) is 2.89. The Balaban J connectivity index is 3.00. The van der Waals surface area contributed by atoms with Gasteiger partial charge in [0.05, 0.1) is 6.20 Å². The second kappa shape index (κ2) is 3.78. The number of carbonyl (C=O) groups is 1. The third-order valence-electron chi connectivity index (χ3n) is 1.92. The summed E-state index contributed by atoms with van der Waals surface area (Å²) in [5, 5.41) is 6.94. The first-order valence-corrected chi connectivity index (χ1v) is 4.64. The molecule has 1 aromatic rings. The van der Waals surface area contributed by atoms with Crippen molar-refractivity contribution in [2.75, 3.05) is 0 Å². The van der Waals surface area contributed by atoms with Crippen molar-refractivity contribution >= 4 is 11.9 Å². The molecule has 0 aliphatic carbocycles. The molecular weight excluding hydrogens is 176 g/mol. The Hall–Kier alpha value is -1.38. The van der Waals surface area contributed by atoms with Gasteiger partial charge in [-0.2, -0.15) is 5.10 Å². The fourth-order valence-electron chi connectivity index (χ4n) is 1.23. The lowest BCUT2D eigenvalue weighted by Gasteiger charge is -2.16. The highest BCUT2D eigenvalue weighted by Crippen LogP contribution is 2.23. The maximum absolute atomic E-state index is 10.8. The second-order valence-corrected chi connectivity index (χ2v) is 4.39. The molecule has 76 valence electrons. The second-order valence-electron chi connectivity index (χ2n) is 4.39. The summed E-state index contributed by atoms with van der Waals surface area (Å²) in [6.07, 6.45) is 5.09. The van der Waals surface area contributed by atoms with E-state index >= 15 is 0 Å². The number of hydrogen-bond acceptors (Lipinski definition) is 2. The van der Waals surface area contributed by atoms with Crippen LogP contribution in [0.4, 0.5) is 0 Å². The molecule has 0 atom stereocenters. The van der Waals surface area contributed by atoms with E-state index in [2.05, 4.69) is 31.0 Å². The fourth-order valence-corrected chi connectivity index (χ4v) is 1.23. The topological polar surface area (TPSA) is 45.8 Å². The Morgan fingerprint density at radius 1 is 1.50 bits per heavy atom. The van der Waals surface area contributed by atoms with E-state index in [4.69, 9.17) is 0 Å². The van der Waals surface area contributed by atoms with Crippen molar-refractivity contribution in [1.82, 2.24) is 10.2 Å². The van der Waals surface area contributed by atoms with Crippen molar-refractivity contribution < 1.29 is 4.79 Å². The minimum atomic E-state index is 0.0208. The molecule has 1 heterocycles. The van der Waals surface area contributed by atoms with Gasteiger partial charge in [-0.15, -0.1) is 0 Å². The number of nitrogens with one attached hydrogen (secondary N) is 1. The first-order chi connectivity index (χ1) is 6.41. The summed E-state index contributed by atoms with van der Waals surface area (Å²) in [5.74, 6) is 0.0473. The number of aromatic amines is 1. The summed E-state index contributed by atoms with van der Waals surface area (Å²) in [5.41, 5.74) is 2.05. The minimum absolute atomic E-state index is 0.0208. The van der Waals surface area contributed by atoms with Crippen LogP contribution in [0.1, 0.15) is 39.0 Å². The van der Waals surface area contributed by atoms with Crippen molar-refractivity contribution in [2.45, 2.75) is 33.1 Å². The van der Waals surface area contributed by atoms with Crippen LogP contribution in [0, 0.1) is 0 Å². The number of allylic oxidation sites excluding steroid dienone is 1. The molecule has 0 aliphatic rings. The van der Waals surface area contributed by atoms with Gasteiger partial charge in [0, 0.05) is 16.7 Å². The Labute approximate surface area is 84.2 Å². The summed E-state index contributed by atoms with van der Waals surface area (Å²) >= 11 is 0. The van der Waals surface area contributed by atoms with Crippen molar-refractivity contribution in [3.63, 3.8) is 0 Å². The highest BCUT2D eigenvalue weighted by molar-refractivity contribution is 5.91. The van der Waals surface area contributed by atoms with E-state index in [1.807, 2.05) is 0 Å². The van der Waals surface area contributed by atoms with Crippen LogP contribution in [-0.2, 0) is 10.2 Å². The first kappa shape index (κ1) is 10.7. The van der Waals surface area contributed by atoms with E-state index in [9.17, 15) is 4.79 Å². The van der Waals surface area contributed by atoms with Gasteiger partial charge in [-0.1, -0.05) is 20.8 Å². The van der Waals surface area contributed by atoms with Gasteiger partial charge in [0.25, 0.3) is 0 Å². The molecule has 0 unspecified atom stereocenters. The first-order valence-electron chi connectivity index (χ1n) is 4.64. The molecule has 0 bridgehead atoms. The molecule has 0 fully saturated rings. The van der Waals surface area contributed by atoms with E-state index in [1.165, 1.54) is 6.92 Å². The average molecular weight is 192 g/mol. The lowest BCUT2D eigenvalue weighted by Crippen LogP contribution is -2.13. The molecule has 1 rings (SSSR count). The van der Waals surface area contributed by atoms with Crippen LogP contribution in [0.5, 0.6) is 0 Å². The summed E-state index contributed by atoms with van der Waals surface area (Å²) in [6, 6.07) is 0. The summed E-state index contributed by atoms with van der Waals surface area (Å²) in [4.78, 5) is 10.8. The van der Waals surface area contributed by atoms with E-state index in [0.29, 0.717) is 0 Å². The molecule has 3 nitrogen and oxygen atoms in total. The number of H-pyrrole nitrogens is 1. The van der Waals surface area contributed by atoms with E-state index < -0.39 is 0 Å². The van der Waals surface area contributed by atoms with Gasteiger partial charge in [-0.3, -0.25) is 9.89 Å². The smallest absolute Gasteiger partial charge is 0.152 e. The van der Waals surface area contributed by atoms with Crippen LogP contribution in [0.25, 0.3) is 6.08 Å². The average Bonchev–Trinajstić information content (AvgIpc) is 2.46. The number of aromatic nitrogens is 2. The van der Waals surface area contributed by atoms with E-state index in [-0.39, 0.29) is 11.2 Å². The van der Waals surface area contributed by atoms with Gasteiger partial charge in [-0.05, 0) is 19.1 Å². The molecule has 1 aromatic heterocycles. The zero-order valence-corrected chi connectivity index (χ0v) is 9.09. The zero-order valence-electron chi connectivity index (χ0n) is 9.09. The third kappa shape index (κ3) is 2.55. The fraction of sp³-hybridized carbons (Fsp3) is 0.455. The Morgan fingerprint density at radius 3 is 2.64 bits per heavy atom. The summed E-state index contributed by atoms with van der Waals surface area (Å²) < 4.78 is 0. The normalized spacial score (nSPS) is 12.3. The van der Waals surface area contributed by atoms with Crippen molar-refractivity contribution in [1.29, 1.82) is 0 Å². The number of hydrogen-bond donors (Lipinski definition) is 1. The molecule has 0 amide bonds. The van der Waals surface area contributed by atoms with Crippen LogP contribution in [0.15, 0.2) is 12.3 Å². The van der Waals surface area contributed by atoms with Crippen LogP contribution < -0.4 is 0 Å². The molecule has 0 spiro atoms. The quantitative estimate of drug-likeness (QED) is 0.731. The minimum Gasteiger partial charge on any atom is -0.295 e. The van der Waals surface area contributed by atoms with Crippen LogP contribution in [0.3, 0.4) is 0 Å². The molecule has 0 radical (unpaired) electrons. The predicted molar refractivity (Wildman–Crippen MR) is 57.0 cm³/mol. The predicted octanol–water partition coefficient (Wildman–Crippen LogP) is 2.31. The Morgan fingerprint density at radius 2 is 2.14 bits per heavy atom.